The zero-order valence-corrected chi connectivity index (χ0v) is 15.7. The average molecular weight is 353 g/mol. The summed E-state index contributed by atoms with van der Waals surface area (Å²) in [6, 6.07) is 11.6. The molecule has 0 radical (unpaired) electrons. The first-order valence-electron chi connectivity index (χ1n) is 9.16. The van der Waals surface area contributed by atoms with Crippen molar-refractivity contribution in [3.05, 3.63) is 52.9 Å². The maximum Gasteiger partial charge on any atom is 0.191 e. The minimum Gasteiger partial charge on any atom is -0.359 e. The third kappa shape index (κ3) is 5.62. The SMILES string of the molecule is CCNC(=NCc1cccc(C#N)c1)NCc1cc(C(CC)CC)no1. The highest BCUT2D eigenvalue weighted by Gasteiger charge is 2.13. The van der Waals surface area contributed by atoms with Crippen molar-refractivity contribution in [1.82, 2.24) is 15.8 Å². The van der Waals surface area contributed by atoms with Gasteiger partial charge in [-0.15, -0.1) is 0 Å². The van der Waals surface area contributed by atoms with E-state index in [9.17, 15) is 0 Å². The Balaban J connectivity index is 1.98. The van der Waals surface area contributed by atoms with Crippen LogP contribution < -0.4 is 10.6 Å². The van der Waals surface area contributed by atoms with Gasteiger partial charge >= 0.3 is 0 Å². The summed E-state index contributed by atoms with van der Waals surface area (Å²) in [5, 5.41) is 19.7. The lowest BCUT2D eigenvalue weighted by molar-refractivity contribution is 0.368. The number of hydrogen-bond acceptors (Lipinski definition) is 4. The molecule has 0 aliphatic carbocycles. The lowest BCUT2D eigenvalue weighted by Gasteiger charge is -2.10. The smallest absolute Gasteiger partial charge is 0.191 e. The predicted octanol–water partition coefficient (Wildman–Crippen LogP) is 3.71. The van der Waals surface area contributed by atoms with Gasteiger partial charge in [0.15, 0.2) is 11.7 Å². The molecule has 1 heterocycles. The molecule has 0 saturated carbocycles. The van der Waals surface area contributed by atoms with Gasteiger partial charge in [0.05, 0.1) is 30.4 Å². The fourth-order valence-corrected chi connectivity index (χ4v) is 2.73. The molecule has 0 fully saturated rings. The van der Waals surface area contributed by atoms with Crippen molar-refractivity contribution in [1.29, 1.82) is 5.26 Å². The third-order valence-electron chi connectivity index (χ3n) is 4.23. The van der Waals surface area contributed by atoms with E-state index in [1.165, 1.54) is 0 Å². The molecule has 2 rings (SSSR count). The number of nitrogens with zero attached hydrogens (tertiary/aromatic N) is 3. The van der Waals surface area contributed by atoms with Gasteiger partial charge in [-0.1, -0.05) is 31.1 Å². The Morgan fingerprint density at radius 3 is 2.73 bits per heavy atom. The molecule has 0 unspecified atom stereocenters. The van der Waals surface area contributed by atoms with Gasteiger partial charge in [-0.05, 0) is 37.5 Å². The Kier molecular flexibility index (Phi) is 7.69. The van der Waals surface area contributed by atoms with Gasteiger partial charge in [-0.25, -0.2) is 4.99 Å². The monoisotopic (exact) mass is 353 g/mol. The normalized spacial score (nSPS) is 11.4. The highest BCUT2D eigenvalue weighted by molar-refractivity contribution is 5.79. The fraction of sp³-hybridized carbons (Fsp3) is 0.450. The van der Waals surface area contributed by atoms with E-state index in [0.717, 1.165) is 36.4 Å². The Labute approximate surface area is 155 Å². The third-order valence-corrected chi connectivity index (χ3v) is 4.23. The number of rotatable bonds is 8. The lowest BCUT2D eigenvalue weighted by atomic mass is 9.99. The lowest BCUT2D eigenvalue weighted by Crippen LogP contribution is -2.36. The zero-order valence-electron chi connectivity index (χ0n) is 15.7. The number of benzene rings is 1. The molecule has 2 aromatic rings. The number of guanidine groups is 1. The highest BCUT2D eigenvalue weighted by Crippen LogP contribution is 2.22. The van der Waals surface area contributed by atoms with E-state index in [4.69, 9.17) is 9.78 Å². The average Bonchev–Trinajstić information content (AvgIpc) is 3.14. The van der Waals surface area contributed by atoms with Crippen LogP contribution in [0.5, 0.6) is 0 Å². The summed E-state index contributed by atoms with van der Waals surface area (Å²) in [5.74, 6) is 1.95. The first-order chi connectivity index (χ1) is 12.7. The first-order valence-corrected chi connectivity index (χ1v) is 9.16. The molecule has 0 saturated heterocycles. The van der Waals surface area contributed by atoms with E-state index in [-0.39, 0.29) is 0 Å². The summed E-state index contributed by atoms with van der Waals surface area (Å²) in [7, 11) is 0. The van der Waals surface area contributed by atoms with Crippen LogP contribution >= 0.6 is 0 Å². The maximum absolute atomic E-state index is 8.98. The number of aliphatic imine (C=N–C) groups is 1. The van der Waals surface area contributed by atoms with Crippen LogP contribution in [-0.4, -0.2) is 17.7 Å². The number of aromatic nitrogens is 1. The molecular formula is C20H27N5O. The van der Waals surface area contributed by atoms with E-state index in [2.05, 4.69) is 40.7 Å². The molecule has 1 aromatic heterocycles. The second-order valence-corrected chi connectivity index (χ2v) is 6.09. The standard InChI is InChI=1S/C20H27N5O/c1-4-17(5-2)19-11-18(26-25-19)14-24-20(22-6-3)23-13-16-9-7-8-15(10-16)12-21/h7-11,17H,4-6,13-14H2,1-3H3,(H2,22,23,24). The molecule has 0 atom stereocenters. The second-order valence-electron chi connectivity index (χ2n) is 6.09. The van der Waals surface area contributed by atoms with Crippen LogP contribution in [0.25, 0.3) is 0 Å². The van der Waals surface area contributed by atoms with Gasteiger partial charge in [0.25, 0.3) is 0 Å². The molecule has 6 heteroatoms. The topological polar surface area (TPSA) is 86.2 Å². The summed E-state index contributed by atoms with van der Waals surface area (Å²) < 4.78 is 5.44. The van der Waals surface area contributed by atoms with Crippen LogP contribution in [0.1, 0.15) is 62.1 Å². The molecule has 0 aliphatic heterocycles. The van der Waals surface area contributed by atoms with E-state index >= 15 is 0 Å². The summed E-state index contributed by atoms with van der Waals surface area (Å²) in [6.45, 7) is 8.14. The summed E-state index contributed by atoms with van der Waals surface area (Å²) in [6.07, 6.45) is 2.11. The molecule has 26 heavy (non-hydrogen) atoms. The molecule has 138 valence electrons. The van der Waals surface area contributed by atoms with Gasteiger partial charge in [0.1, 0.15) is 0 Å². The molecular weight excluding hydrogens is 326 g/mol. The summed E-state index contributed by atoms with van der Waals surface area (Å²) >= 11 is 0. The van der Waals surface area contributed by atoms with Gasteiger partial charge in [0.2, 0.25) is 0 Å². The molecule has 0 aliphatic rings. The summed E-state index contributed by atoms with van der Waals surface area (Å²) in [5.41, 5.74) is 2.66. The van der Waals surface area contributed by atoms with E-state index in [0.29, 0.717) is 30.5 Å². The van der Waals surface area contributed by atoms with Gasteiger partial charge in [-0.2, -0.15) is 5.26 Å². The maximum atomic E-state index is 8.98. The van der Waals surface area contributed by atoms with Crippen molar-refractivity contribution in [2.45, 2.75) is 52.6 Å². The fourth-order valence-electron chi connectivity index (χ4n) is 2.73. The number of nitriles is 1. The van der Waals surface area contributed by atoms with Gasteiger partial charge in [-0.3, -0.25) is 0 Å². The Bertz CT molecular complexity index is 756. The predicted molar refractivity (Wildman–Crippen MR) is 103 cm³/mol. The largest absolute Gasteiger partial charge is 0.359 e. The van der Waals surface area contributed by atoms with Crippen LogP contribution in [0.2, 0.25) is 0 Å². The van der Waals surface area contributed by atoms with Crippen LogP contribution in [0.15, 0.2) is 39.8 Å². The van der Waals surface area contributed by atoms with Crippen molar-refractivity contribution in [3.63, 3.8) is 0 Å². The van der Waals surface area contributed by atoms with E-state index < -0.39 is 0 Å². The van der Waals surface area contributed by atoms with Crippen LogP contribution in [0, 0.1) is 11.3 Å². The van der Waals surface area contributed by atoms with Crippen molar-refractivity contribution in [3.8, 4) is 6.07 Å². The first kappa shape index (κ1) is 19.5. The molecule has 0 spiro atoms. The molecule has 1 aromatic carbocycles. The number of nitrogens with one attached hydrogen (secondary N) is 2. The van der Waals surface area contributed by atoms with Crippen LogP contribution in [-0.2, 0) is 13.1 Å². The van der Waals surface area contributed by atoms with Crippen molar-refractivity contribution < 1.29 is 4.52 Å². The molecule has 0 bridgehead atoms. The van der Waals surface area contributed by atoms with Crippen LogP contribution in [0.4, 0.5) is 0 Å². The highest BCUT2D eigenvalue weighted by atomic mass is 16.5. The minimum atomic E-state index is 0.446. The van der Waals surface area contributed by atoms with Gasteiger partial charge < -0.3 is 15.2 Å². The van der Waals surface area contributed by atoms with Crippen molar-refractivity contribution in [2.75, 3.05) is 6.54 Å². The van der Waals surface area contributed by atoms with E-state index in [1.54, 1.807) is 6.07 Å². The molecule has 2 N–H and O–H groups in total. The zero-order chi connectivity index (χ0) is 18.8. The van der Waals surface area contributed by atoms with E-state index in [1.807, 2.05) is 31.2 Å². The van der Waals surface area contributed by atoms with Gasteiger partial charge in [0, 0.05) is 18.5 Å². The Morgan fingerprint density at radius 2 is 2.04 bits per heavy atom. The quantitative estimate of drug-likeness (QED) is 0.558. The molecule has 6 nitrogen and oxygen atoms in total. The second kappa shape index (κ2) is 10.2. The number of hydrogen-bond donors (Lipinski definition) is 2. The summed E-state index contributed by atoms with van der Waals surface area (Å²) in [4.78, 5) is 4.57. The van der Waals surface area contributed by atoms with Crippen molar-refractivity contribution in [2.24, 2.45) is 4.99 Å². The Hall–Kier alpha value is -2.81. The van der Waals surface area contributed by atoms with Crippen molar-refractivity contribution >= 4 is 5.96 Å². The minimum absolute atomic E-state index is 0.446. The van der Waals surface area contributed by atoms with Crippen LogP contribution in [0.3, 0.4) is 0 Å². The Morgan fingerprint density at radius 1 is 1.23 bits per heavy atom. The molecule has 0 amide bonds.